The molecular formula is C24H20FN3O3S2. The van der Waals surface area contributed by atoms with Crippen molar-refractivity contribution in [3.05, 3.63) is 90.2 Å². The second-order valence-corrected chi connectivity index (χ2v) is 10.1. The van der Waals surface area contributed by atoms with Gasteiger partial charge in [0, 0.05) is 11.3 Å². The van der Waals surface area contributed by atoms with Crippen molar-refractivity contribution in [2.45, 2.75) is 21.9 Å². The summed E-state index contributed by atoms with van der Waals surface area (Å²) in [6, 6.07) is 21.6. The van der Waals surface area contributed by atoms with Crippen LogP contribution in [0.15, 0.2) is 93.8 Å². The molecule has 168 valence electrons. The van der Waals surface area contributed by atoms with Crippen LogP contribution in [-0.4, -0.2) is 30.0 Å². The molecule has 0 spiro atoms. The quantitative estimate of drug-likeness (QED) is 0.359. The number of carbonyl (C=O) groups is 1. The third-order valence-corrected chi connectivity index (χ3v) is 7.63. The fourth-order valence-electron chi connectivity index (χ4n) is 3.07. The number of H-pyrrole nitrogens is 1. The Morgan fingerprint density at radius 2 is 1.70 bits per heavy atom. The molecule has 9 heteroatoms. The lowest BCUT2D eigenvalue weighted by atomic mass is 10.2. The Hall–Kier alpha value is -3.43. The van der Waals surface area contributed by atoms with Crippen molar-refractivity contribution >= 4 is 33.2 Å². The zero-order chi connectivity index (χ0) is 23.4. The smallest absolute Gasteiger partial charge is 0.234 e. The number of halogens is 1. The third kappa shape index (κ3) is 5.15. The first-order chi connectivity index (χ1) is 15.8. The van der Waals surface area contributed by atoms with Crippen molar-refractivity contribution in [3.63, 3.8) is 0 Å². The number of carbonyl (C=O) groups excluding carboxylic acids is 1. The van der Waals surface area contributed by atoms with Crippen molar-refractivity contribution < 1.29 is 17.6 Å². The Bertz CT molecular complexity index is 1390. The van der Waals surface area contributed by atoms with E-state index in [9.17, 15) is 17.6 Å². The molecule has 6 nitrogen and oxygen atoms in total. The average Bonchev–Trinajstić information content (AvgIpc) is 3.27. The van der Waals surface area contributed by atoms with Crippen molar-refractivity contribution in [1.82, 2.24) is 9.97 Å². The van der Waals surface area contributed by atoms with E-state index in [0.717, 1.165) is 11.8 Å². The molecule has 2 N–H and O–H groups in total. The number of thioether (sulfide) groups is 1. The van der Waals surface area contributed by atoms with Gasteiger partial charge in [-0.2, -0.15) is 0 Å². The molecule has 0 aliphatic carbocycles. The van der Waals surface area contributed by atoms with Gasteiger partial charge in [0.15, 0.2) is 5.03 Å². The lowest BCUT2D eigenvalue weighted by molar-refractivity contribution is -0.113. The first kappa shape index (κ1) is 22.8. The van der Waals surface area contributed by atoms with Crippen LogP contribution in [0.25, 0.3) is 11.4 Å². The number of imidazole rings is 1. The van der Waals surface area contributed by atoms with E-state index in [2.05, 4.69) is 15.3 Å². The molecule has 0 radical (unpaired) electrons. The summed E-state index contributed by atoms with van der Waals surface area (Å²) >= 11 is 0.991. The molecular weight excluding hydrogens is 461 g/mol. The molecule has 4 aromatic rings. The summed E-state index contributed by atoms with van der Waals surface area (Å²) in [6.45, 7) is 1.63. The van der Waals surface area contributed by atoms with Crippen LogP contribution in [0.2, 0.25) is 0 Å². The van der Waals surface area contributed by atoms with E-state index in [1.165, 1.54) is 18.2 Å². The molecule has 1 aromatic heterocycles. The van der Waals surface area contributed by atoms with E-state index in [1.807, 2.05) is 30.3 Å². The largest absolute Gasteiger partial charge is 0.328 e. The predicted molar refractivity (Wildman–Crippen MR) is 126 cm³/mol. The number of aromatic nitrogens is 2. The number of hydrogen-bond acceptors (Lipinski definition) is 5. The number of aromatic amines is 1. The number of sulfone groups is 1. The standard InChI is InChI=1S/C24H20FN3O3S2/c1-16-12-13-18(14-20(16)25)26-21(29)15-32-23-24(33(30,31)19-10-6-3-7-11-19)28-22(27-23)17-8-4-2-5-9-17/h2-14H,15H2,1H3,(H,26,29)(H,27,28). The van der Waals surface area contributed by atoms with Gasteiger partial charge in [-0.3, -0.25) is 4.79 Å². The topological polar surface area (TPSA) is 91.9 Å². The van der Waals surface area contributed by atoms with E-state index < -0.39 is 21.6 Å². The summed E-state index contributed by atoms with van der Waals surface area (Å²) in [7, 11) is -3.89. The van der Waals surface area contributed by atoms with Gasteiger partial charge in [0.25, 0.3) is 0 Å². The number of anilines is 1. The number of aryl methyl sites for hydroxylation is 1. The van der Waals surface area contributed by atoms with Gasteiger partial charge in [0.2, 0.25) is 15.7 Å². The molecule has 0 atom stereocenters. The minimum Gasteiger partial charge on any atom is -0.328 e. The molecule has 0 aliphatic rings. The molecule has 33 heavy (non-hydrogen) atoms. The minimum atomic E-state index is -3.89. The highest BCUT2D eigenvalue weighted by Gasteiger charge is 2.26. The van der Waals surface area contributed by atoms with E-state index >= 15 is 0 Å². The van der Waals surface area contributed by atoms with E-state index in [1.54, 1.807) is 37.3 Å². The first-order valence-corrected chi connectivity index (χ1v) is 12.5. The van der Waals surface area contributed by atoms with Crippen molar-refractivity contribution in [2.75, 3.05) is 11.1 Å². The Morgan fingerprint density at radius 1 is 1.03 bits per heavy atom. The lowest BCUT2D eigenvalue weighted by Crippen LogP contribution is -2.14. The fraction of sp³-hybridized carbons (Fsp3) is 0.0833. The van der Waals surface area contributed by atoms with Crippen LogP contribution < -0.4 is 5.32 Å². The van der Waals surface area contributed by atoms with Gasteiger partial charge in [0.05, 0.1) is 10.6 Å². The molecule has 0 unspecified atom stereocenters. The summed E-state index contributed by atoms with van der Waals surface area (Å²) in [6.07, 6.45) is 0. The summed E-state index contributed by atoms with van der Waals surface area (Å²) in [5, 5.41) is 2.73. The highest BCUT2D eigenvalue weighted by atomic mass is 32.2. The monoisotopic (exact) mass is 481 g/mol. The van der Waals surface area contributed by atoms with E-state index in [0.29, 0.717) is 22.6 Å². The zero-order valence-electron chi connectivity index (χ0n) is 17.6. The van der Waals surface area contributed by atoms with E-state index in [4.69, 9.17) is 0 Å². The first-order valence-electron chi connectivity index (χ1n) is 9.99. The fourth-order valence-corrected chi connectivity index (χ4v) is 5.51. The van der Waals surface area contributed by atoms with Crippen LogP contribution in [-0.2, 0) is 14.6 Å². The van der Waals surface area contributed by atoms with Gasteiger partial charge >= 0.3 is 0 Å². The Kier molecular flexibility index (Phi) is 6.62. The van der Waals surface area contributed by atoms with Crippen LogP contribution in [0.1, 0.15) is 5.56 Å². The highest BCUT2D eigenvalue weighted by Crippen LogP contribution is 2.32. The molecule has 0 saturated heterocycles. The van der Waals surface area contributed by atoms with Crippen molar-refractivity contribution in [2.24, 2.45) is 0 Å². The highest BCUT2D eigenvalue weighted by molar-refractivity contribution is 8.00. The maximum absolute atomic E-state index is 13.8. The number of benzene rings is 3. The van der Waals surface area contributed by atoms with Gasteiger partial charge in [-0.05, 0) is 36.8 Å². The van der Waals surface area contributed by atoms with Gasteiger partial charge in [-0.25, -0.2) is 17.8 Å². The van der Waals surface area contributed by atoms with Crippen LogP contribution in [0, 0.1) is 12.7 Å². The molecule has 1 amide bonds. The molecule has 0 saturated carbocycles. The van der Waals surface area contributed by atoms with Gasteiger partial charge in [-0.15, -0.1) is 0 Å². The summed E-state index contributed by atoms with van der Waals surface area (Å²) in [5.74, 6) is -0.549. The predicted octanol–water partition coefficient (Wildman–Crippen LogP) is 5.09. The molecule has 3 aromatic carbocycles. The average molecular weight is 482 g/mol. The Labute approximate surface area is 195 Å². The Morgan fingerprint density at radius 3 is 2.36 bits per heavy atom. The van der Waals surface area contributed by atoms with Crippen LogP contribution in [0.5, 0.6) is 0 Å². The molecule has 0 bridgehead atoms. The van der Waals surface area contributed by atoms with Crippen molar-refractivity contribution in [3.8, 4) is 11.4 Å². The number of amides is 1. The summed E-state index contributed by atoms with van der Waals surface area (Å²) < 4.78 is 40.3. The van der Waals surface area contributed by atoms with Crippen LogP contribution in [0.3, 0.4) is 0 Å². The Balaban J connectivity index is 1.61. The third-order valence-electron chi connectivity index (χ3n) is 4.80. The minimum absolute atomic E-state index is 0.0771. The summed E-state index contributed by atoms with van der Waals surface area (Å²) in [4.78, 5) is 20.0. The van der Waals surface area contributed by atoms with E-state index in [-0.39, 0.29) is 20.7 Å². The molecule has 4 rings (SSSR count). The maximum atomic E-state index is 13.8. The molecule has 0 fully saturated rings. The second kappa shape index (κ2) is 9.60. The number of rotatable bonds is 7. The van der Waals surface area contributed by atoms with Crippen molar-refractivity contribution in [1.29, 1.82) is 0 Å². The SMILES string of the molecule is Cc1ccc(NC(=O)CSc2nc(-c3ccccc3)[nH]c2S(=O)(=O)c2ccccc2)cc1F. The summed E-state index contributed by atoms with van der Waals surface area (Å²) in [5.41, 5.74) is 1.52. The number of hydrogen-bond donors (Lipinski definition) is 2. The number of nitrogens with zero attached hydrogens (tertiary/aromatic N) is 1. The molecule has 0 aliphatic heterocycles. The zero-order valence-corrected chi connectivity index (χ0v) is 19.2. The normalized spacial score (nSPS) is 11.3. The molecule has 1 heterocycles. The van der Waals surface area contributed by atoms with Gasteiger partial charge in [0.1, 0.15) is 16.7 Å². The lowest BCUT2D eigenvalue weighted by Gasteiger charge is -2.07. The number of nitrogens with one attached hydrogen (secondary N) is 2. The second-order valence-electron chi connectivity index (χ2n) is 7.20. The van der Waals surface area contributed by atoms with Crippen LogP contribution >= 0.6 is 11.8 Å². The maximum Gasteiger partial charge on any atom is 0.234 e. The van der Waals surface area contributed by atoms with Gasteiger partial charge < -0.3 is 10.3 Å². The van der Waals surface area contributed by atoms with Gasteiger partial charge in [-0.1, -0.05) is 66.4 Å². The van der Waals surface area contributed by atoms with Crippen LogP contribution in [0.4, 0.5) is 10.1 Å².